The molecule has 0 aromatic carbocycles. The van der Waals surface area contributed by atoms with E-state index in [-0.39, 0.29) is 26.3 Å². The number of nitrogens with one attached hydrogen (secondary N) is 2. The Kier molecular flexibility index (Phi) is 7.46. The number of amides is 3. The largest absolute Gasteiger partial charge is 0.481 e. The number of carbonyl (C=O) groups excluding carboxylic acids is 2. The van der Waals surface area contributed by atoms with Crippen LogP contribution in [0.1, 0.15) is 13.3 Å². The first-order valence-corrected chi connectivity index (χ1v) is 5.55. The van der Waals surface area contributed by atoms with Gasteiger partial charge in [0.1, 0.15) is 6.61 Å². The van der Waals surface area contributed by atoms with Gasteiger partial charge in [0, 0.05) is 13.1 Å². The molecule has 0 aromatic heterocycles. The highest BCUT2D eigenvalue weighted by molar-refractivity contribution is 5.75. The van der Waals surface area contributed by atoms with Crippen LogP contribution in [-0.2, 0) is 14.3 Å². The summed E-state index contributed by atoms with van der Waals surface area (Å²) in [5.41, 5.74) is 3.31. The van der Waals surface area contributed by atoms with Crippen molar-refractivity contribution in [2.75, 3.05) is 26.3 Å². The minimum absolute atomic E-state index is 0.113. The van der Waals surface area contributed by atoms with Gasteiger partial charge in [0.15, 0.2) is 0 Å². The molecule has 0 aliphatic rings. The topological polar surface area (TPSA) is 151 Å². The van der Waals surface area contributed by atoms with Gasteiger partial charge < -0.3 is 31.3 Å². The van der Waals surface area contributed by atoms with Crippen molar-refractivity contribution in [3.63, 3.8) is 0 Å². The van der Waals surface area contributed by atoms with E-state index in [0.29, 0.717) is 0 Å². The average molecular weight is 277 g/mol. The molecule has 0 bridgehead atoms. The fourth-order valence-electron chi connectivity index (χ4n) is 1.13. The Bertz CT molecular complexity index is 331. The van der Waals surface area contributed by atoms with Crippen molar-refractivity contribution in [2.24, 2.45) is 5.73 Å². The van der Waals surface area contributed by atoms with Crippen molar-refractivity contribution < 1.29 is 29.3 Å². The van der Waals surface area contributed by atoms with E-state index in [1.807, 2.05) is 0 Å². The molecule has 3 amide bonds. The SMILES string of the molecule is CC(O)(CNC(=O)NCCOCC(N)=O)CC(=O)O. The van der Waals surface area contributed by atoms with Gasteiger partial charge in [-0.2, -0.15) is 0 Å². The predicted molar refractivity (Wildman–Crippen MR) is 64.3 cm³/mol. The maximum absolute atomic E-state index is 11.2. The summed E-state index contributed by atoms with van der Waals surface area (Å²) in [5.74, 6) is -1.76. The summed E-state index contributed by atoms with van der Waals surface area (Å²) in [6.45, 7) is 1.14. The van der Waals surface area contributed by atoms with E-state index in [1.165, 1.54) is 6.92 Å². The minimum atomic E-state index is -1.52. The Morgan fingerprint density at radius 2 is 1.95 bits per heavy atom. The standard InChI is InChI=1S/C10H19N3O6/c1-10(18,4-8(15)16)6-13-9(17)12-2-3-19-5-7(11)14/h18H,2-6H2,1H3,(H2,11,14)(H,15,16)(H2,12,13,17). The molecule has 110 valence electrons. The van der Waals surface area contributed by atoms with Crippen LogP contribution in [0.2, 0.25) is 0 Å². The Labute approximate surface area is 110 Å². The molecule has 0 spiro atoms. The number of hydrogen-bond acceptors (Lipinski definition) is 5. The highest BCUT2D eigenvalue weighted by Crippen LogP contribution is 2.06. The lowest BCUT2D eigenvalue weighted by atomic mass is 10.0. The molecule has 0 heterocycles. The number of hydrogen-bond donors (Lipinski definition) is 5. The van der Waals surface area contributed by atoms with Crippen LogP contribution in [0.4, 0.5) is 4.79 Å². The fourth-order valence-corrected chi connectivity index (χ4v) is 1.13. The van der Waals surface area contributed by atoms with E-state index in [9.17, 15) is 19.5 Å². The number of carbonyl (C=O) groups is 3. The number of nitrogens with two attached hydrogens (primary N) is 1. The molecular formula is C10H19N3O6. The van der Waals surface area contributed by atoms with Crippen LogP contribution < -0.4 is 16.4 Å². The monoisotopic (exact) mass is 277 g/mol. The van der Waals surface area contributed by atoms with Crippen LogP contribution in [0.5, 0.6) is 0 Å². The lowest BCUT2D eigenvalue weighted by Crippen LogP contribution is -2.46. The van der Waals surface area contributed by atoms with Crippen molar-refractivity contribution >= 4 is 17.9 Å². The van der Waals surface area contributed by atoms with E-state index in [2.05, 4.69) is 10.6 Å². The molecule has 0 saturated heterocycles. The molecule has 1 atom stereocenters. The third-order valence-corrected chi connectivity index (χ3v) is 1.94. The van der Waals surface area contributed by atoms with Gasteiger partial charge in [-0.05, 0) is 6.92 Å². The highest BCUT2D eigenvalue weighted by Gasteiger charge is 2.24. The summed E-state index contributed by atoms with van der Waals surface area (Å²) in [6, 6.07) is -0.576. The third-order valence-electron chi connectivity index (χ3n) is 1.94. The van der Waals surface area contributed by atoms with Crippen LogP contribution >= 0.6 is 0 Å². The third kappa shape index (κ3) is 11.0. The van der Waals surface area contributed by atoms with Gasteiger partial charge in [-0.3, -0.25) is 9.59 Å². The highest BCUT2D eigenvalue weighted by atomic mass is 16.5. The molecule has 0 aromatic rings. The Morgan fingerprint density at radius 1 is 1.32 bits per heavy atom. The zero-order valence-corrected chi connectivity index (χ0v) is 10.6. The van der Waals surface area contributed by atoms with Gasteiger partial charge >= 0.3 is 12.0 Å². The van der Waals surface area contributed by atoms with Crippen LogP contribution in [-0.4, -0.2) is 60.0 Å². The molecule has 9 heteroatoms. The van der Waals surface area contributed by atoms with Crippen molar-refractivity contribution in [2.45, 2.75) is 18.9 Å². The first kappa shape index (κ1) is 17.1. The normalized spacial score (nSPS) is 13.4. The van der Waals surface area contributed by atoms with Crippen molar-refractivity contribution in [1.82, 2.24) is 10.6 Å². The van der Waals surface area contributed by atoms with E-state index in [0.717, 1.165) is 0 Å². The number of urea groups is 1. The quantitative estimate of drug-likeness (QED) is 0.308. The number of carboxylic acids is 1. The predicted octanol–water partition coefficient (Wildman–Crippen LogP) is -1.99. The molecule has 6 N–H and O–H groups in total. The van der Waals surface area contributed by atoms with E-state index in [4.69, 9.17) is 15.6 Å². The summed E-state index contributed by atoms with van der Waals surface area (Å²) in [4.78, 5) is 32.0. The van der Waals surface area contributed by atoms with Crippen molar-refractivity contribution in [1.29, 1.82) is 0 Å². The number of rotatable bonds is 9. The second kappa shape index (κ2) is 8.27. The van der Waals surface area contributed by atoms with Gasteiger partial charge in [-0.1, -0.05) is 0 Å². The van der Waals surface area contributed by atoms with E-state index in [1.54, 1.807) is 0 Å². The Hall–Kier alpha value is -1.87. The summed E-state index contributed by atoms with van der Waals surface area (Å²) in [7, 11) is 0. The summed E-state index contributed by atoms with van der Waals surface area (Å²) in [5, 5.41) is 22.8. The molecule has 0 radical (unpaired) electrons. The molecule has 0 rings (SSSR count). The Morgan fingerprint density at radius 3 is 2.47 bits per heavy atom. The zero-order chi connectivity index (χ0) is 14.9. The van der Waals surface area contributed by atoms with Crippen molar-refractivity contribution in [3.8, 4) is 0 Å². The lowest BCUT2D eigenvalue weighted by Gasteiger charge is -2.21. The Balaban J connectivity index is 3.69. The maximum Gasteiger partial charge on any atom is 0.314 e. The minimum Gasteiger partial charge on any atom is -0.481 e. The summed E-state index contributed by atoms with van der Waals surface area (Å²) >= 11 is 0. The van der Waals surface area contributed by atoms with Gasteiger partial charge in [0.2, 0.25) is 5.91 Å². The van der Waals surface area contributed by atoms with Crippen LogP contribution in [0, 0.1) is 0 Å². The summed E-state index contributed by atoms with van der Waals surface area (Å²) in [6.07, 6.45) is -0.477. The van der Waals surface area contributed by atoms with E-state index < -0.39 is 29.9 Å². The second-order valence-electron chi connectivity index (χ2n) is 4.20. The molecule has 0 fully saturated rings. The van der Waals surface area contributed by atoms with Gasteiger partial charge in [0.25, 0.3) is 0 Å². The van der Waals surface area contributed by atoms with Gasteiger partial charge in [-0.15, -0.1) is 0 Å². The fraction of sp³-hybridized carbons (Fsp3) is 0.700. The molecule has 1 unspecified atom stereocenters. The van der Waals surface area contributed by atoms with Gasteiger partial charge in [0.05, 0.1) is 18.6 Å². The zero-order valence-electron chi connectivity index (χ0n) is 10.6. The number of ether oxygens (including phenoxy) is 1. The maximum atomic E-state index is 11.2. The molecule has 0 saturated carbocycles. The second-order valence-corrected chi connectivity index (χ2v) is 4.20. The van der Waals surface area contributed by atoms with Gasteiger partial charge in [-0.25, -0.2) is 4.79 Å². The smallest absolute Gasteiger partial charge is 0.314 e. The van der Waals surface area contributed by atoms with Crippen LogP contribution in [0.25, 0.3) is 0 Å². The molecule has 19 heavy (non-hydrogen) atoms. The van der Waals surface area contributed by atoms with Crippen LogP contribution in [0.15, 0.2) is 0 Å². The number of primary amides is 1. The molecular weight excluding hydrogens is 258 g/mol. The van der Waals surface area contributed by atoms with Crippen LogP contribution in [0.3, 0.4) is 0 Å². The molecule has 0 aliphatic carbocycles. The van der Waals surface area contributed by atoms with Crippen molar-refractivity contribution in [3.05, 3.63) is 0 Å². The number of carboxylic acid groups (broad SMARTS) is 1. The summed E-state index contributed by atoms with van der Waals surface area (Å²) < 4.78 is 4.80. The van der Waals surface area contributed by atoms with E-state index >= 15 is 0 Å². The lowest BCUT2D eigenvalue weighted by molar-refractivity contribution is -0.141. The number of aliphatic hydroxyl groups is 1. The molecule has 0 aliphatic heterocycles. The first-order chi connectivity index (χ1) is 8.73. The first-order valence-electron chi connectivity index (χ1n) is 5.55. The average Bonchev–Trinajstić information content (AvgIpc) is 2.24. The number of aliphatic carboxylic acids is 1. The molecule has 9 nitrogen and oxygen atoms in total.